The molecule has 0 aromatic carbocycles. The molecule has 0 aromatic rings. The van der Waals surface area contributed by atoms with Crippen molar-refractivity contribution in [3.8, 4) is 0 Å². The van der Waals surface area contributed by atoms with E-state index in [-0.39, 0.29) is 17.5 Å². The van der Waals surface area contributed by atoms with E-state index in [1.165, 1.54) is 7.11 Å². The molecule has 0 saturated carbocycles. The molecule has 80 valence electrons. The van der Waals surface area contributed by atoms with E-state index in [2.05, 4.69) is 0 Å². The first-order valence-electron chi connectivity index (χ1n) is 5.05. The monoisotopic (exact) mass is 200 g/mol. The predicted octanol–water partition coefficient (Wildman–Crippen LogP) is 0.745. The lowest BCUT2D eigenvalue weighted by Gasteiger charge is -2.33. The summed E-state index contributed by atoms with van der Waals surface area (Å²) in [6.07, 6.45) is 2.59. The van der Waals surface area contributed by atoms with Crippen LogP contribution in [0.5, 0.6) is 0 Å². The van der Waals surface area contributed by atoms with E-state index >= 15 is 0 Å². The van der Waals surface area contributed by atoms with Crippen LogP contribution in [-0.4, -0.2) is 39.0 Å². The van der Waals surface area contributed by atoms with Crippen LogP contribution < -0.4 is 0 Å². The number of esters is 1. The molecule has 2 rings (SSSR count). The van der Waals surface area contributed by atoms with E-state index in [0.29, 0.717) is 13.2 Å². The van der Waals surface area contributed by atoms with Crippen LogP contribution in [0.4, 0.5) is 0 Å². The van der Waals surface area contributed by atoms with Gasteiger partial charge in [-0.25, -0.2) is 0 Å². The molecule has 2 heterocycles. The fourth-order valence-electron chi connectivity index (χ4n) is 2.09. The van der Waals surface area contributed by atoms with Gasteiger partial charge in [-0.15, -0.1) is 0 Å². The minimum atomic E-state index is -0.339. The van der Waals surface area contributed by atoms with Crippen LogP contribution >= 0.6 is 0 Å². The molecule has 2 aliphatic heterocycles. The molecule has 0 N–H and O–H groups in total. The summed E-state index contributed by atoms with van der Waals surface area (Å²) < 4.78 is 15.3. The van der Waals surface area contributed by atoms with E-state index in [0.717, 1.165) is 25.9 Å². The zero-order chi connectivity index (χ0) is 10.0. The highest BCUT2D eigenvalue weighted by Crippen LogP contribution is 2.39. The first-order valence-corrected chi connectivity index (χ1v) is 5.05. The maximum Gasteiger partial charge on any atom is 0.312 e. The molecule has 0 bridgehead atoms. The molecule has 2 fully saturated rings. The van der Waals surface area contributed by atoms with Gasteiger partial charge in [-0.2, -0.15) is 0 Å². The molecule has 2 aliphatic rings. The molecule has 0 aromatic heterocycles. The summed E-state index contributed by atoms with van der Waals surface area (Å²) in [4.78, 5) is 11.7. The SMILES string of the molecule is COC(=O)C1(CC2CO2)CCOCC1. The largest absolute Gasteiger partial charge is 0.469 e. The number of methoxy groups -OCH3 is 1. The van der Waals surface area contributed by atoms with Crippen molar-refractivity contribution in [3.63, 3.8) is 0 Å². The van der Waals surface area contributed by atoms with Gasteiger partial charge in [0.05, 0.1) is 25.2 Å². The Kier molecular flexibility index (Phi) is 2.74. The fourth-order valence-corrected chi connectivity index (χ4v) is 2.09. The number of rotatable bonds is 3. The highest BCUT2D eigenvalue weighted by atomic mass is 16.6. The smallest absolute Gasteiger partial charge is 0.312 e. The van der Waals surface area contributed by atoms with Crippen LogP contribution in [0.25, 0.3) is 0 Å². The van der Waals surface area contributed by atoms with Crippen molar-refractivity contribution in [2.45, 2.75) is 25.4 Å². The van der Waals surface area contributed by atoms with Crippen molar-refractivity contribution in [3.05, 3.63) is 0 Å². The number of hydrogen-bond acceptors (Lipinski definition) is 4. The van der Waals surface area contributed by atoms with E-state index in [4.69, 9.17) is 14.2 Å². The highest BCUT2D eigenvalue weighted by molar-refractivity contribution is 5.77. The summed E-state index contributed by atoms with van der Waals surface area (Å²) in [5.74, 6) is -0.101. The summed E-state index contributed by atoms with van der Waals surface area (Å²) in [5, 5.41) is 0. The molecule has 14 heavy (non-hydrogen) atoms. The van der Waals surface area contributed by atoms with E-state index in [9.17, 15) is 4.79 Å². The average molecular weight is 200 g/mol. The Morgan fingerprint density at radius 3 is 2.64 bits per heavy atom. The van der Waals surface area contributed by atoms with Gasteiger partial charge < -0.3 is 14.2 Å². The Morgan fingerprint density at radius 1 is 1.50 bits per heavy atom. The standard InChI is InChI=1S/C10H16O4/c1-12-9(11)10(6-8-7-14-8)2-4-13-5-3-10/h8H,2-7H2,1H3. The molecule has 4 heteroatoms. The summed E-state index contributed by atoms with van der Waals surface area (Å²) in [6, 6.07) is 0. The van der Waals surface area contributed by atoms with Crippen LogP contribution in [0.2, 0.25) is 0 Å². The van der Waals surface area contributed by atoms with Gasteiger partial charge in [-0.3, -0.25) is 4.79 Å². The molecule has 2 saturated heterocycles. The van der Waals surface area contributed by atoms with Crippen molar-refractivity contribution in [1.82, 2.24) is 0 Å². The lowest BCUT2D eigenvalue weighted by Crippen LogP contribution is -2.39. The van der Waals surface area contributed by atoms with Crippen LogP contribution in [0.3, 0.4) is 0 Å². The van der Waals surface area contributed by atoms with Crippen molar-refractivity contribution in [2.75, 3.05) is 26.9 Å². The molecule has 0 spiro atoms. The van der Waals surface area contributed by atoms with Gasteiger partial charge in [-0.1, -0.05) is 0 Å². The average Bonchev–Trinajstić information content (AvgIpc) is 3.02. The van der Waals surface area contributed by atoms with Gasteiger partial charge in [0.15, 0.2) is 0 Å². The van der Waals surface area contributed by atoms with E-state index in [1.807, 2.05) is 0 Å². The lowest BCUT2D eigenvalue weighted by molar-refractivity contribution is -0.159. The zero-order valence-corrected chi connectivity index (χ0v) is 8.45. The van der Waals surface area contributed by atoms with Crippen LogP contribution in [0, 0.1) is 5.41 Å². The minimum absolute atomic E-state index is 0.101. The molecule has 1 atom stereocenters. The van der Waals surface area contributed by atoms with Gasteiger partial charge in [0.1, 0.15) is 0 Å². The Bertz CT molecular complexity index is 216. The number of carbonyl (C=O) groups excluding carboxylic acids is 1. The summed E-state index contributed by atoms with van der Waals surface area (Å²) in [6.45, 7) is 2.10. The lowest BCUT2D eigenvalue weighted by atomic mass is 9.76. The van der Waals surface area contributed by atoms with Gasteiger partial charge >= 0.3 is 5.97 Å². The Labute approximate surface area is 83.5 Å². The third kappa shape index (κ3) is 1.91. The van der Waals surface area contributed by atoms with Crippen molar-refractivity contribution in [2.24, 2.45) is 5.41 Å². The molecule has 0 amide bonds. The van der Waals surface area contributed by atoms with E-state index in [1.54, 1.807) is 0 Å². The highest BCUT2D eigenvalue weighted by Gasteiger charge is 2.45. The molecule has 1 unspecified atom stereocenters. The molecular formula is C10H16O4. The van der Waals surface area contributed by atoms with Crippen LogP contribution in [0.1, 0.15) is 19.3 Å². The van der Waals surface area contributed by atoms with Gasteiger partial charge in [0, 0.05) is 13.2 Å². The van der Waals surface area contributed by atoms with E-state index < -0.39 is 0 Å². The first kappa shape index (κ1) is 9.93. The third-order valence-electron chi connectivity index (χ3n) is 3.09. The molecular weight excluding hydrogens is 184 g/mol. The van der Waals surface area contributed by atoms with Gasteiger partial charge in [0.2, 0.25) is 0 Å². The topological polar surface area (TPSA) is 48.1 Å². The summed E-state index contributed by atoms with van der Waals surface area (Å²) in [7, 11) is 1.45. The second-order valence-corrected chi connectivity index (χ2v) is 4.04. The fraction of sp³-hybridized carbons (Fsp3) is 0.900. The molecule has 4 nitrogen and oxygen atoms in total. The Balaban J connectivity index is 2.04. The minimum Gasteiger partial charge on any atom is -0.469 e. The molecule has 0 aliphatic carbocycles. The second kappa shape index (κ2) is 3.87. The summed E-state index contributed by atoms with van der Waals surface area (Å²) >= 11 is 0. The number of hydrogen-bond donors (Lipinski definition) is 0. The van der Waals surface area contributed by atoms with Crippen LogP contribution in [0.15, 0.2) is 0 Å². The molecule has 0 radical (unpaired) electrons. The quantitative estimate of drug-likeness (QED) is 0.498. The first-order chi connectivity index (χ1) is 6.77. The maximum atomic E-state index is 11.7. The van der Waals surface area contributed by atoms with Crippen molar-refractivity contribution in [1.29, 1.82) is 0 Å². The van der Waals surface area contributed by atoms with Crippen molar-refractivity contribution >= 4 is 5.97 Å². The third-order valence-corrected chi connectivity index (χ3v) is 3.09. The maximum absolute atomic E-state index is 11.7. The summed E-state index contributed by atoms with van der Waals surface area (Å²) in [5.41, 5.74) is -0.339. The van der Waals surface area contributed by atoms with Crippen molar-refractivity contribution < 1.29 is 19.0 Å². The predicted molar refractivity (Wildman–Crippen MR) is 48.9 cm³/mol. The van der Waals surface area contributed by atoms with Gasteiger partial charge in [-0.05, 0) is 19.3 Å². The Hall–Kier alpha value is -0.610. The second-order valence-electron chi connectivity index (χ2n) is 4.04. The number of epoxide rings is 1. The van der Waals surface area contributed by atoms with Gasteiger partial charge in [0.25, 0.3) is 0 Å². The Morgan fingerprint density at radius 2 is 2.14 bits per heavy atom. The number of carbonyl (C=O) groups is 1. The normalized spacial score (nSPS) is 29.6. The van der Waals surface area contributed by atoms with Crippen LogP contribution in [-0.2, 0) is 19.0 Å². The zero-order valence-electron chi connectivity index (χ0n) is 8.45. The number of ether oxygens (including phenoxy) is 3.